The monoisotopic (exact) mass is 420 g/mol. The molecular formula is C16H15ClF2N2O5S. The Balaban J connectivity index is 2.32. The van der Waals surface area contributed by atoms with Gasteiger partial charge in [-0.3, -0.25) is 10.1 Å². The van der Waals surface area contributed by atoms with Crippen LogP contribution in [0.4, 0.5) is 20.2 Å². The van der Waals surface area contributed by atoms with Gasteiger partial charge in [0.1, 0.15) is 11.3 Å². The van der Waals surface area contributed by atoms with Crippen molar-refractivity contribution in [1.82, 2.24) is 0 Å². The average Bonchev–Trinajstić information content (AvgIpc) is 2.59. The van der Waals surface area contributed by atoms with E-state index in [0.29, 0.717) is 16.7 Å². The third-order valence-electron chi connectivity index (χ3n) is 3.80. The van der Waals surface area contributed by atoms with Gasteiger partial charge >= 0.3 is 5.76 Å². The molecule has 0 aliphatic heterocycles. The summed E-state index contributed by atoms with van der Waals surface area (Å²) in [6.07, 6.45) is 0. The molecule has 0 spiro atoms. The number of nitrogens with one attached hydrogen (secondary N) is 1. The van der Waals surface area contributed by atoms with E-state index in [2.05, 4.69) is 5.32 Å². The van der Waals surface area contributed by atoms with Gasteiger partial charge in [-0.05, 0) is 36.8 Å². The third-order valence-corrected chi connectivity index (χ3v) is 5.41. The van der Waals surface area contributed by atoms with E-state index in [1.165, 1.54) is 13.0 Å². The highest BCUT2D eigenvalue weighted by atomic mass is 35.5. The van der Waals surface area contributed by atoms with E-state index < -0.39 is 36.7 Å². The van der Waals surface area contributed by atoms with Crippen molar-refractivity contribution in [2.75, 3.05) is 11.9 Å². The minimum atomic E-state index is -4.97. The molecular weight excluding hydrogens is 406 g/mol. The summed E-state index contributed by atoms with van der Waals surface area (Å²) in [4.78, 5) is 9.45. The number of aliphatic hydroxyl groups is 1. The second kappa shape index (κ2) is 7.75. The molecule has 7 nitrogen and oxygen atoms in total. The zero-order chi connectivity index (χ0) is 20.4. The van der Waals surface area contributed by atoms with Crippen LogP contribution < -0.4 is 5.32 Å². The maximum absolute atomic E-state index is 12.6. The van der Waals surface area contributed by atoms with Crippen molar-refractivity contribution in [2.45, 2.75) is 23.2 Å². The first-order valence-corrected chi connectivity index (χ1v) is 9.40. The number of halogens is 3. The third kappa shape index (κ3) is 4.71. The first-order chi connectivity index (χ1) is 12.4. The van der Waals surface area contributed by atoms with Crippen LogP contribution in [0.2, 0.25) is 5.02 Å². The maximum Gasteiger partial charge on any atom is 0.341 e. The Morgan fingerprint density at radius 3 is 2.52 bits per heavy atom. The molecule has 11 heteroatoms. The van der Waals surface area contributed by atoms with E-state index >= 15 is 0 Å². The molecule has 146 valence electrons. The molecule has 0 aromatic heterocycles. The second-order valence-electron chi connectivity index (χ2n) is 5.88. The van der Waals surface area contributed by atoms with Crippen LogP contribution in [0.25, 0.3) is 0 Å². The first-order valence-electron chi connectivity index (χ1n) is 7.48. The molecule has 2 aromatic carbocycles. The largest absolute Gasteiger partial charge is 0.384 e. The molecule has 2 aromatic rings. The topological polar surface area (TPSA) is 110 Å². The zero-order valence-electron chi connectivity index (χ0n) is 13.9. The Morgan fingerprint density at radius 1 is 1.30 bits per heavy atom. The normalized spacial score (nSPS) is 14.0. The summed E-state index contributed by atoms with van der Waals surface area (Å²) in [6, 6.07) is 8.76. The van der Waals surface area contributed by atoms with Crippen molar-refractivity contribution < 1.29 is 27.2 Å². The molecule has 0 saturated carbocycles. The van der Waals surface area contributed by atoms with Crippen molar-refractivity contribution in [3.05, 3.63) is 63.2 Å². The van der Waals surface area contributed by atoms with E-state index in [1.807, 2.05) is 0 Å². The Bertz CT molecular complexity index is 967. The fraction of sp³-hybridized carbons (Fsp3) is 0.250. The highest BCUT2D eigenvalue weighted by Gasteiger charge is 2.30. The summed E-state index contributed by atoms with van der Waals surface area (Å²) in [5.74, 6) is -3.69. The minimum Gasteiger partial charge on any atom is -0.384 e. The lowest BCUT2D eigenvalue weighted by Gasteiger charge is -2.25. The number of rotatable bonds is 7. The quantitative estimate of drug-likeness (QED) is 0.523. The van der Waals surface area contributed by atoms with E-state index in [-0.39, 0.29) is 12.2 Å². The summed E-state index contributed by atoms with van der Waals surface area (Å²) in [7, 11) is -4.97. The lowest BCUT2D eigenvalue weighted by molar-refractivity contribution is -0.384. The molecule has 0 bridgehead atoms. The van der Waals surface area contributed by atoms with Crippen LogP contribution in [0, 0.1) is 10.1 Å². The number of nitro groups is 1. The Hall–Kier alpha value is -2.30. The fourth-order valence-electron chi connectivity index (χ4n) is 2.28. The second-order valence-corrected chi connectivity index (χ2v) is 8.23. The smallest absolute Gasteiger partial charge is 0.341 e. The fourth-order valence-corrected chi connectivity index (χ4v) is 3.21. The van der Waals surface area contributed by atoms with Gasteiger partial charge in [0.25, 0.3) is 5.69 Å². The molecule has 0 aliphatic rings. The van der Waals surface area contributed by atoms with Crippen LogP contribution in [0.15, 0.2) is 47.4 Å². The van der Waals surface area contributed by atoms with Crippen LogP contribution in [0.1, 0.15) is 12.5 Å². The molecule has 0 aliphatic carbocycles. The zero-order valence-corrected chi connectivity index (χ0v) is 15.5. The highest BCUT2D eigenvalue weighted by Crippen LogP contribution is 2.31. The molecule has 2 N–H and O–H groups in total. The number of nitrogens with zero attached hydrogens (tertiary/aromatic N) is 1. The number of nitro benzene ring substituents is 1. The maximum atomic E-state index is 12.6. The van der Waals surface area contributed by atoms with Crippen molar-refractivity contribution in [1.29, 1.82) is 0 Å². The van der Waals surface area contributed by atoms with Gasteiger partial charge in [0.05, 0.1) is 9.82 Å². The van der Waals surface area contributed by atoms with Gasteiger partial charge in [-0.1, -0.05) is 23.7 Å². The summed E-state index contributed by atoms with van der Waals surface area (Å²) in [5, 5.41) is 24.8. The Kier molecular flexibility index (Phi) is 6.03. The molecule has 0 fully saturated rings. The van der Waals surface area contributed by atoms with Gasteiger partial charge in [-0.2, -0.15) is 8.78 Å². The van der Waals surface area contributed by atoms with Gasteiger partial charge in [0.15, 0.2) is 0 Å². The SMILES string of the molecule is CC(O)(CNc1ccc(S(=O)(=O)C(F)F)cc1[N+](=O)[O-])c1cccc(Cl)c1. The van der Waals surface area contributed by atoms with Gasteiger partial charge in [0.2, 0.25) is 9.84 Å². The van der Waals surface area contributed by atoms with Gasteiger partial charge in [-0.25, -0.2) is 8.42 Å². The van der Waals surface area contributed by atoms with Crippen molar-refractivity contribution in [2.24, 2.45) is 0 Å². The number of alkyl halides is 2. The van der Waals surface area contributed by atoms with Gasteiger partial charge < -0.3 is 10.4 Å². The summed E-state index contributed by atoms with van der Waals surface area (Å²) in [6.45, 7) is 1.27. The van der Waals surface area contributed by atoms with Crippen molar-refractivity contribution in [3.63, 3.8) is 0 Å². The molecule has 0 amide bonds. The summed E-state index contributed by atoms with van der Waals surface area (Å²) < 4.78 is 48.3. The van der Waals surface area contributed by atoms with Gasteiger partial charge in [-0.15, -0.1) is 0 Å². The van der Waals surface area contributed by atoms with Crippen LogP contribution >= 0.6 is 11.6 Å². The van der Waals surface area contributed by atoms with E-state index in [4.69, 9.17) is 11.6 Å². The van der Waals surface area contributed by atoms with Crippen LogP contribution in [-0.2, 0) is 15.4 Å². The van der Waals surface area contributed by atoms with Crippen molar-refractivity contribution >= 4 is 32.8 Å². The summed E-state index contributed by atoms with van der Waals surface area (Å²) >= 11 is 5.88. The molecule has 0 saturated heterocycles. The van der Waals surface area contributed by atoms with Crippen LogP contribution in [-0.4, -0.2) is 30.7 Å². The number of hydrogen-bond donors (Lipinski definition) is 2. The summed E-state index contributed by atoms with van der Waals surface area (Å²) in [5.41, 5.74) is -1.86. The first kappa shape index (κ1) is 21.0. The van der Waals surface area contributed by atoms with Gasteiger partial charge in [0, 0.05) is 17.6 Å². The number of sulfone groups is 1. The molecule has 1 atom stereocenters. The number of anilines is 1. The lowest BCUT2D eigenvalue weighted by Crippen LogP contribution is -2.31. The predicted molar refractivity (Wildman–Crippen MR) is 95.8 cm³/mol. The molecule has 27 heavy (non-hydrogen) atoms. The molecule has 0 heterocycles. The van der Waals surface area contributed by atoms with Crippen LogP contribution in [0.3, 0.4) is 0 Å². The van der Waals surface area contributed by atoms with Crippen LogP contribution in [0.5, 0.6) is 0 Å². The Labute approximate surface area is 158 Å². The van der Waals surface area contributed by atoms with Crippen molar-refractivity contribution in [3.8, 4) is 0 Å². The number of benzene rings is 2. The lowest BCUT2D eigenvalue weighted by atomic mass is 9.96. The molecule has 1 unspecified atom stereocenters. The highest BCUT2D eigenvalue weighted by molar-refractivity contribution is 7.91. The predicted octanol–water partition coefficient (Wildman–Crippen LogP) is 3.56. The number of hydrogen-bond acceptors (Lipinski definition) is 6. The van der Waals surface area contributed by atoms with E-state index in [9.17, 15) is 32.4 Å². The standard InChI is InChI=1S/C16H15ClF2N2O5S/c1-16(22,10-3-2-4-11(17)7-10)9-20-13-6-5-12(8-14(13)21(23)24)27(25,26)15(18)19/h2-8,15,20,22H,9H2,1H3. The average molecular weight is 421 g/mol. The molecule has 0 radical (unpaired) electrons. The Morgan fingerprint density at radius 2 is 1.96 bits per heavy atom. The molecule has 2 rings (SSSR count). The van der Waals surface area contributed by atoms with E-state index in [1.54, 1.807) is 18.2 Å². The van der Waals surface area contributed by atoms with E-state index in [0.717, 1.165) is 12.1 Å². The minimum absolute atomic E-state index is 0.129.